The molecule has 1 fully saturated rings. The van der Waals surface area contributed by atoms with Gasteiger partial charge in [0.25, 0.3) is 0 Å². The molecule has 0 unspecified atom stereocenters. The zero-order chi connectivity index (χ0) is 18.0. The number of urea groups is 1. The van der Waals surface area contributed by atoms with Crippen LogP contribution in [0.1, 0.15) is 51.3 Å². The molecule has 0 saturated heterocycles. The highest BCUT2D eigenvalue weighted by Crippen LogP contribution is 2.29. The lowest BCUT2D eigenvalue weighted by molar-refractivity contribution is 0.0736. The van der Waals surface area contributed by atoms with Crippen LogP contribution < -0.4 is 10.6 Å². The van der Waals surface area contributed by atoms with E-state index < -0.39 is 5.60 Å². The average Bonchev–Trinajstić information content (AvgIpc) is 3.17. The molecule has 0 spiro atoms. The van der Waals surface area contributed by atoms with Crippen molar-refractivity contribution < 1.29 is 9.90 Å². The number of carbonyl (C=O) groups excluding carboxylic acids is 1. The number of hydrogen-bond acceptors (Lipinski definition) is 6. The van der Waals surface area contributed by atoms with Gasteiger partial charge in [0.2, 0.25) is 5.95 Å². The fourth-order valence-corrected chi connectivity index (χ4v) is 3.03. The lowest BCUT2D eigenvalue weighted by atomic mass is 9.90. The molecule has 0 radical (unpaired) electrons. The Bertz CT molecular complexity index is 732. The van der Waals surface area contributed by atoms with E-state index in [1.165, 1.54) is 11.0 Å². The van der Waals surface area contributed by atoms with E-state index >= 15 is 0 Å². The van der Waals surface area contributed by atoms with Gasteiger partial charge in [-0.05, 0) is 26.7 Å². The molecule has 25 heavy (non-hydrogen) atoms. The summed E-state index contributed by atoms with van der Waals surface area (Å²) in [6.07, 6.45) is 6.99. The second kappa shape index (κ2) is 6.79. The maximum Gasteiger partial charge on any atom is 0.321 e. The van der Waals surface area contributed by atoms with Crippen LogP contribution in [0.15, 0.2) is 12.5 Å². The number of rotatable bonds is 4. The van der Waals surface area contributed by atoms with E-state index in [0.717, 1.165) is 25.7 Å². The Morgan fingerprint density at radius 3 is 2.76 bits per heavy atom. The fraction of sp³-hybridized carbons (Fsp3) is 0.667. The van der Waals surface area contributed by atoms with Gasteiger partial charge in [0, 0.05) is 7.05 Å². The third kappa shape index (κ3) is 3.95. The molecule has 136 valence electrons. The Morgan fingerprint density at radius 1 is 1.36 bits per heavy atom. The average molecular weight is 348 g/mol. The molecule has 0 aliphatic heterocycles. The summed E-state index contributed by atoms with van der Waals surface area (Å²) >= 11 is 0. The molecule has 2 aromatic heterocycles. The molecule has 2 atom stereocenters. The molecule has 10 heteroatoms. The van der Waals surface area contributed by atoms with E-state index in [0.29, 0.717) is 11.6 Å². The molecule has 2 aromatic rings. The van der Waals surface area contributed by atoms with E-state index in [4.69, 9.17) is 0 Å². The lowest BCUT2D eigenvalue weighted by Gasteiger charge is -2.31. The quantitative estimate of drug-likeness (QED) is 0.756. The molecule has 1 aliphatic carbocycles. The van der Waals surface area contributed by atoms with Gasteiger partial charge < -0.3 is 10.4 Å². The number of anilines is 1. The fourth-order valence-electron chi connectivity index (χ4n) is 3.03. The summed E-state index contributed by atoms with van der Waals surface area (Å²) in [6.45, 7) is 3.35. The zero-order valence-corrected chi connectivity index (χ0v) is 14.7. The van der Waals surface area contributed by atoms with Crippen molar-refractivity contribution >= 4 is 12.0 Å². The molecule has 1 aliphatic rings. The third-order valence-electron chi connectivity index (χ3n) is 4.46. The van der Waals surface area contributed by atoms with E-state index in [9.17, 15) is 9.90 Å². The Labute approximate surface area is 145 Å². The minimum Gasteiger partial charge on any atom is -0.384 e. The Morgan fingerprint density at radius 2 is 2.12 bits per heavy atom. The predicted molar refractivity (Wildman–Crippen MR) is 89.7 cm³/mol. The number of aromatic nitrogens is 6. The largest absolute Gasteiger partial charge is 0.384 e. The van der Waals surface area contributed by atoms with Crippen molar-refractivity contribution in [3.8, 4) is 0 Å². The van der Waals surface area contributed by atoms with Crippen molar-refractivity contribution in [1.82, 2.24) is 35.1 Å². The molecule has 3 N–H and O–H groups in total. The summed E-state index contributed by atoms with van der Waals surface area (Å²) in [4.78, 5) is 16.3. The van der Waals surface area contributed by atoms with E-state index in [2.05, 4.69) is 31.0 Å². The van der Waals surface area contributed by atoms with Crippen molar-refractivity contribution in [1.29, 1.82) is 0 Å². The summed E-state index contributed by atoms with van der Waals surface area (Å²) in [6, 6.07) is -0.392. The normalized spacial score (nSPS) is 21.1. The summed E-state index contributed by atoms with van der Waals surface area (Å²) in [5.41, 5.74) is -0.529. The SMILES string of the molecule is Cn1ncnc1NC(=O)N[C@H]1CCCC[C@H]1n1cc(C(C)(C)O)nn1. The summed E-state index contributed by atoms with van der Waals surface area (Å²) < 4.78 is 3.24. The van der Waals surface area contributed by atoms with Gasteiger partial charge >= 0.3 is 6.03 Å². The maximum absolute atomic E-state index is 12.3. The molecule has 10 nitrogen and oxygen atoms in total. The number of aliphatic hydroxyl groups is 1. The standard InChI is InChI=1S/C15H24N8O2/c1-15(2,25)12-8-23(21-20-12)11-7-5-4-6-10(11)18-14(24)19-13-16-9-17-22(13)3/h8-11,25H,4-7H2,1-3H3,(H2,16,17,18,19,24)/t10-,11+/m0/s1. The molecule has 2 amide bonds. The van der Waals surface area contributed by atoms with E-state index in [1.807, 2.05) is 0 Å². The van der Waals surface area contributed by atoms with Crippen molar-refractivity contribution in [3.05, 3.63) is 18.2 Å². The summed E-state index contributed by atoms with van der Waals surface area (Å²) in [5.74, 6) is 0.384. The number of aryl methyl sites for hydroxylation is 1. The highest BCUT2D eigenvalue weighted by atomic mass is 16.3. The number of nitrogens with zero attached hydrogens (tertiary/aromatic N) is 6. The molecule has 2 heterocycles. The van der Waals surface area contributed by atoms with Crippen molar-refractivity contribution in [2.75, 3.05) is 5.32 Å². The third-order valence-corrected chi connectivity index (χ3v) is 4.46. The van der Waals surface area contributed by atoms with Gasteiger partial charge in [-0.15, -0.1) is 5.10 Å². The van der Waals surface area contributed by atoms with Crippen LogP contribution in [0.5, 0.6) is 0 Å². The number of hydrogen-bond donors (Lipinski definition) is 3. The number of carbonyl (C=O) groups is 1. The monoisotopic (exact) mass is 348 g/mol. The van der Waals surface area contributed by atoms with Crippen LogP contribution in [0.3, 0.4) is 0 Å². The van der Waals surface area contributed by atoms with Crippen molar-refractivity contribution in [2.45, 2.75) is 57.2 Å². The minimum absolute atomic E-state index is 0.00240. The molecular weight excluding hydrogens is 324 g/mol. The minimum atomic E-state index is -1.04. The van der Waals surface area contributed by atoms with Crippen LogP contribution in [0.4, 0.5) is 10.7 Å². The smallest absolute Gasteiger partial charge is 0.321 e. The highest BCUT2D eigenvalue weighted by Gasteiger charge is 2.30. The van der Waals surface area contributed by atoms with Crippen LogP contribution in [0.25, 0.3) is 0 Å². The summed E-state index contributed by atoms with van der Waals surface area (Å²) in [7, 11) is 1.71. The first-order chi connectivity index (χ1) is 11.8. The predicted octanol–water partition coefficient (Wildman–Crippen LogP) is 0.939. The van der Waals surface area contributed by atoms with Crippen LogP contribution in [-0.4, -0.2) is 46.9 Å². The first kappa shape index (κ1) is 17.3. The van der Waals surface area contributed by atoms with Crippen molar-refractivity contribution in [2.24, 2.45) is 7.05 Å². The maximum atomic E-state index is 12.3. The van der Waals surface area contributed by atoms with Gasteiger partial charge in [-0.25, -0.2) is 14.2 Å². The first-order valence-electron chi connectivity index (χ1n) is 8.41. The van der Waals surface area contributed by atoms with Gasteiger partial charge in [0.05, 0.1) is 18.3 Å². The van der Waals surface area contributed by atoms with Gasteiger partial charge in [-0.1, -0.05) is 18.1 Å². The van der Waals surface area contributed by atoms with Crippen LogP contribution in [-0.2, 0) is 12.6 Å². The topological polar surface area (TPSA) is 123 Å². The van der Waals surface area contributed by atoms with E-state index in [-0.39, 0.29) is 18.1 Å². The van der Waals surface area contributed by atoms with Gasteiger partial charge in [0.15, 0.2) is 0 Å². The lowest BCUT2D eigenvalue weighted by Crippen LogP contribution is -2.45. The molecule has 0 bridgehead atoms. The zero-order valence-electron chi connectivity index (χ0n) is 14.7. The Balaban J connectivity index is 1.69. The van der Waals surface area contributed by atoms with E-state index in [1.54, 1.807) is 31.8 Å². The highest BCUT2D eigenvalue weighted by molar-refractivity contribution is 5.87. The Hall–Kier alpha value is -2.49. The Kier molecular flexibility index (Phi) is 4.71. The van der Waals surface area contributed by atoms with Gasteiger partial charge in [-0.2, -0.15) is 10.1 Å². The van der Waals surface area contributed by atoms with Gasteiger partial charge in [-0.3, -0.25) is 5.32 Å². The van der Waals surface area contributed by atoms with Crippen LogP contribution in [0, 0.1) is 0 Å². The number of nitrogens with one attached hydrogen (secondary N) is 2. The number of amides is 2. The van der Waals surface area contributed by atoms with Crippen LogP contribution in [0.2, 0.25) is 0 Å². The summed E-state index contributed by atoms with van der Waals surface area (Å²) in [5, 5.41) is 27.9. The second-order valence-electron chi connectivity index (χ2n) is 6.91. The molecule has 1 saturated carbocycles. The first-order valence-corrected chi connectivity index (χ1v) is 8.41. The second-order valence-corrected chi connectivity index (χ2v) is 6.91. The van der Waals surface area contributed by atoms with Crippen LogP contribution >= 0.6 is 0 Å². The van der Waals surface area contributed by atoms with Crippen molar-refractivity contribution in [3.63, 3.8) is 0 Å². The van der Waals surface area contributed by atoms with Gasteiger partial charge in [0.1, 0.15) is 17.6 Å². The molecule has 0 aromatic carbocycles. The molecular formula is C15H24N8O2. The molecule has 3 rings (SSSR count).